The Bertz CT molecular complexity index is 1590. The van der Waals surface area contributed by atoms with Crippen molar-refractivity contribution in [2.75, 3.05) is 11.1 Å². The van der Waals surface area contributed by atoms with E-state index >= 15 is 0 Å². The van der Waals surface area contributed by atoms with E-state index in [2.05, 4.69) is 20.4 Å². The summed E-state index contributed by atoms with van der Waals surface area (Å²) in [6, 6.07) is 14.7. The second-order valence-electron chi connectivity index (χ2n) is 7.36. The van der Waals surface area contributed by atoms with E-state index in [4.69, 9.17) is 10.5 Å². The number of nitrogen functional groups attached to an aromatic ring is 1. The maximum atomic E-state index is 14.7. The third-order valence-corrected chi connectivity index (χ3v) is 4.95. The van der Waals surface area contributed by atoms with Crippen LogP contribution in [0.15, 0.2) is 72.9 Å². The predicted octanol–water partition coefficient (Wildman–Crippen LogP) is 4.84. The van der Waals surface area contributed by atoms with E-state index in [1.807, 2.05) is 0 Å². The molecule has 2 aromatic carbocycles. The lowest BCUT2D eigenvalue weighted by molar-refractivity contribution is 0.102. The summed E-state index contributed by atoms with van der Waals surface area (Å²) in [5.74, 6) is -3.17. The summed E-state index contributed by atoms with van der Waals surface area (Å²) >= 11 is 0. The normalized spacial score (nSPS) is 10.9. The number of aromatic nitrogens is 4. The molecule has 0 fully saturated rings. The summed E-state index contributed by atoms with van der Waals surface area (Å²) in [4.78, 5) is 20.9. The molecule has 0 aliphatic carbocycles. The zero-order valence-corrected chi connectivity index (χ0v) is 17.7. The first-order chi connectivity index (χ1) is 16.9. The Hall–Kier alpha value is -4.93. The van der Waals surface area contributed by atoms with Crippen LogP contribution in [-0.2, 0) is 0 Å². The smallest absolute Gasteiger partial charge is 0.274 e. The van der Waals surface area contributed by atoms with Gasteiger partial charge in [0.05, 0.1) is 11.9 Å². The van der Waals surface area contributed by atoms with Crippen molar-refractivity contribution in [3.05, 3.63) is 96.1 Å². The minimum Gasteiger partial charge on any atom is -0.436 e. The molecular formula is C24H15F3N6O2. The summed E-state index contributed by atoms with van der Waals surface area (Å²) in [5, 5.41) is 6.61. The molecular weight excluding hydrogens is 461 g/mol. The third kappa shape index (κ3) is 4.47. The molecule has 0 saturated heterocycles. The number of nitrogens with zero attached hydrogens (tertiary/aromatic N) is 4. The Labute approximate surface area is 195 Å². The predicted molar refractivity (Wildman–Crippen MR) is 121 cm³/mol. The Morgan fingerprint density at radius 1 is 0.914 bits per heavy atom. The Morgan fingerprint density at radius 3 is 2.57 bits per heavy atom. The molecule has 0 atom stereocenters. The summed E-state index contributed by atoms with van der Waals surface area (Å²) in [5.41, 5.74) is 6.91. The number of amides is 1. The molecule has 5 aromatic rings. The summed E-state index contributed by atoms with van der Waals surface area (Å²) in [7, 11) is 0. The van der Waals surface area contributed by atoms with Crippen molar-refractivity contribution in [3.63, 3.8) is 0 Å². The lowest BCUT2D eigenvalue weighted by Crippen LogP contribution is -2.14. The lowest BCUT2D eigenvalue weighted by atomic mass is 10.1. The molecule has 1 amide bonds. The van der Waals surface area contributed by atoms with Gasteiger partial charge in [-0.15, -0.1) is 0 Å². The van der Waals surface area contributed by atoms with Crippen molar-refractivity contribution >= 4 is 23.1 Å². The monoisotopic (exact) mass is 476 g/mol. The summed E-state index contributed by atoms with van der Waals surface area (Å²) in [6.45, 7) is 0. The largest absolute Gasteiger partial charge is 0.436 e. The molecule has 0 unspecified atom stereocenters. The van der Waals surface area contributed by atoms with E-state index in [9.17, 15) is 18.0 Å². The van der Waals surface area contributed by atoms with Crippen LogP contribution in [0.4, 0.5) is 24.7 Å². The Balaban J connectivity index is 1.34. The van der Waals surface area contributed by atoms with Crippen LogP contribution in [0.5, 0.6) is 11.6 Å². The Kier molecular flexibility index (Phi) is 5.49. The zero-order chi connectivity index (χ0) is 24.5. The van der Waals surface area contributed by atoms with Gasteiger partial charge in [-0.1, -0.05) is 6.07 Å². The summed E-state index contributed by atoms with van der Waals surface area (Å²) in [6.07, 6.45) is 1.50. The SMILES string of the molecule is Nc1cc(Oc2ccc(NC(=O)c3cccc(-c4ccc(F)c(F)c4)n3)cc2F)n2nccc2n1. The molecule has 174 valence electrons. The highest BCUT2D eigenvalue weighted by atomic mass is 19.2. The van der Waals surface area contributed by atoms with Crippen LogP contribution in [0, 0.1) is 17.5 Å². The number of rotatable bonds is 5. The van der Waals surface area contributed by atoms with Crippen molar-refractivity contribution < 1.29 is 22.7 Å². The van der Waals surface area contributed by atoms with Crippen LogP contribution in [0.1, 0.15) is 10.5 Å². The molecule has 0 aliphatic heterocycles. The third-order valence-electron chi connectivity index (χ3n) is 4.95. The van der Waals surface area contributed by atoms with Gasteiger partial charge >= 0.3 is 0 Å². The maximum absolute atomic E-state index is 14.7. The van der Waals surface area contributed by atoms with Gasteiger partial charge in [0.25, 0.3) is 5.91 Å². The quantitative estimate of drug-likeness (QED) is 0.376. The second-order valence-corrected chi connectivity index (χ2v) is 7.36. The highest BCUT2D eigenvalue weighted by Crippen LogP contribution is 2.28. The summed E-state index contributed by atoms with van der Waals surface area (Å²) < 4.78 is 48.5. The number of carbonyl (C=O) groups is 1. The highest BCUT2D eigenvalue weighted by Gasteiger charge is 2.14. The van der Waals surface area contributed by atoms with Crippen LogP contribution in [0.2, 0.25) is 0 Å². The van der Waals surface area contributed by atoms with Crippen LogP contribution in [0.25, 0.3) is 16.9 Å². The van der Waals surface area contributed by atoms with Crippen LogP contribution >= 0.6 is 0 Å². The highest BCUT2D eigenvalue weighted by molar-refractivity contribution is 6.03. The number of halogens is 3. The van der Waals surface area contributed by atoms with Gasteiger partial charge in [-0.05, 0) is 42.5 Å². The molecule has 0 spiro atoms. The van der Waals surface area contributed by atoms with Gasteiger partial charge < -0.3 is 15.8 Å². The topological polar surface area (TPSA) is 107 Å². The van der Waals surface area contributed by atoms with Gasteiger partial charge in [0.15, 0.2) is 28.8 Å². The van der Waals surface area contributed by atoms with Gasteiger partial charge in [0.1, 0.15) is 11.5 Å². The van der Waals surface area contributed by atoms with Crippen molar-refractivity contribution in [3.8, 4) is 22.9 Å². The number of hydrogen-bond acceptors (Lipinski definition) is 6. The van der Waals surface area contributed by atoms with Crippen molar-refractivity contribution in [2.24, 2.45) is 0 Å². The Morgan fingerprint density at radius 2 is 1.77 bits per heavy atom. The fraction of sp³-hybridized carbons (Fsp3) is 0. The first-order valence-electron chi connectivity index (χ1n) is 10.2. The van der Waals surface area contributed by atoms with Gasteiger partial charge in [-0.3, -0.25) is 4.79 Å². The first kappa shape index (κ1) is 21.9. The zero-order valence-electron chi connectivity index (χ0n) is 17.7. The lowest BCUT2D eigenvalue weighted by Gasteiger charge is -2.11. The van der Waals surface area contributed by atoms with Crippen LogP contribution in [-0.4, -0.2) is 25.5 Å². The minimum absolute atomic E-state index is 0.00121. The van der Waals surface area contributed by atoms with E-state index in [1.54, 1.807) is 18.2 Å². The van der Waals surface area contributed by atoms with E-state index in [0.29, 0.717) is 11.2 Å². The number of anilines is 2. The fourth-order valence-corrected chi connectivity index (χ4v) is 3.32. The van der Waals surface area contributed by atoms with Crippen LogP contribution < -0.4 is 15.8 Å². The number of pyridine rings is 1. The average molecular weight is 476 g/mol. The van der Waals surface area contributed by atoms with E-state index in [-0.39, 0.29) is 34.5 Å². The number of nitrogens with one attached hydrogen (secondary N) is 1. The number of ether oxygens (including phenoxy) is 1. The number of hydrogen-bond donors (Lipinski definition) is 2. The molecule has 11 heteroatoms. The number of carbonyl (C=O) groups excluding carboxylic acids is 1. The average Bonchev–Trinajstić information content (AvgIpc) is 3.31. The van der Waals surface area contributed by atoms with E-state index in [1.165, 1.54) is 41.0 Å². The van der Waals surface area contributed by atoms with Gasteiger partial charge in [0, 0.05) is 29.4 Å². The molecule has 35 heavy (non-hydrogen) atoms. The van der Waals surface area contributed by atoms with E-state index in [0.717, 1.165) is 18.2 Å². The molecule has 0 bridgehead atoms. The van der Waals surface area contributed by atoms with Gasteiger partial charge in [-0.2, -0.15) is 9.61 Å². The first-order valence-corrected chi connectivity index (χ1v) is 10.2. The minimum atomic E-state index is -1.03. The molecule has 0 radical (unpaired) electrons. The fourth-order valence-electron chi connectivity index (χ4n) is 3.32. The molecule has 3 N–H and O–H groups in total. The van der Waals surface area contributed by atoms with E-state index < -0.39 is 23.4 Å². The molecule has 8 nitrogen and oxygen atoms in total. The van der Waals surface area contributed by atoms with Crippen molar-refractivity contribution in [1.29, 1.82) is 0 Å². The molecule has 5 rings (SSSR count). The van der Waals surface area contributed by atoms with Gasteiger partial charge in [0.2, 0.25) is 5.88 Å². The molecule has 0 saturated carbocycles. The second kappa shape index (κ2) is 8.78. The standard InChI is InChI=1S/C24H15F3N6O2/c25-15-6-4-13(10-16(15)26)18-2-1-3-19(31-18)24(34)30-14-5-7-20(17(27)11-14)35-23-12-21(28)32-22-8-9-29-33(22)23/h1-12H,(H2,28,32)(H,30,34). The van der Waals surface area contributed by atoms with Crippen LogP contribution in [0.3, 0.4) is 0 Å². The number of fused-ring (bicyclic) bond motifs is 1. The number of benzene rings is 2. The van der Waals surface area contributed by atoms with Gasteiger partial charge in [-0.25, -0.2) is 23.1 Å². The maximum Gasteiger partial charge on any atom is 0.274 e. The van der Waals surface area contributed by atoms with Crippen molar-refractivity contribution in [2.45, 2.75) is 0 Å². The molecule has 3 heterocycles. The van der Waals surface area contributed by atoms with Crippen molar-refractivity contribution in [1.82, 2.24) is 19.6 Å². The molecule has 3 aromatic heterocycles. The number of nitrogens with two attached hydrogens (primary N) is 1. The molecule has 0 aliphatic rings.